The fraction of sp³-hybridized carbons (Fsp3) is 0.333. The molecule has 15 heavy (non-hydrogen) atoms. The molecule has 0 spiro atoms. The Bertz CT molecular complexity index is 581. The van der Waals surface area contributed by atoms with Crippen molar-refractivity contribution in [1.29, 1.82) is 0 Å². The van der Waals surface area contributed by atoms with Crippen molar-refractivity contribution in [2.45, 2.75) is 6.54 Å². The third-order valence-corrected chi connectivity index (χ3v) is 3.01. The predicted octanol–water partition coefficient (Wildman–Crippen LogP) is 0.398. The van der Waals surface area contributed by atoms with Gasteiger partial charge in [-0.2, -0.15) is 0 Å². The van der Waals surface area contributed by atoms with Crippen LogP contribution >= 0.6 is 11.3 Å². The van der Waals surface area contributed by atoms with Crippen LogP contribution in [-0.2, 0) is 11.3 Å². The molecule has 6 heteroatoms. The van der Waals surface area contributed by atoms with Crippen molar-refractivity contribution < 1.29 is 4.74 Å². The van der Waals surface area contributed by atoms with Crippen LogP contribution in [0, 0.1) is 0 Å². The number of fused-ring (bicyclic) bond motifs is 1. The summed E-state index contributed by atoms with van der Waals surface area (Å²) in [5.41, 5.74) is -0.0348. The van der Waals surface area contributed by atoms with Crippen LogP contribution in [0.4, 0.5) is 0 Å². The van der Waals surface area contributed by atoms with Gasteiger partial charge in [-0.15, -0.1) is 11.3 Å². The number of aromatic amines is 1. The summed E-state index contributed by atoms with van der Waals surface area (Å²) in [6.45, 7) is 0.623. The van der Waals surface area contributed by atoms with Crippen LogP contribution in [-0.4, -0.2) is 23.3 Å². The van der Waals surface area contributed by atoms with E-state index in [1.165, 1.54) is 18.4 Å². The largest absolute Gasteiger partial charge is 0.383 e. The lowest BCUT2D eigenvalue weighted by molar-refractivity contribution is 0.185. The normalized spacial score (nSPS) is 11.0. The summed E-state index contributed by atoms with van der Waals surface area (Å²) in [5.74, 6) is 0. The quantitative estimate of drug-likeness (QED) is 0.823. The molecule has 0 aliphatic heterocycles. The van der Waals surface area contributed by atoms with E-state index in [2.05, 4.69) is 4.98 Å². The summed E-state index contributed by atoms with van der Waals surface area (Å²) < 4.78 is 6.57. The Morgan fingerprint density at radius 3 is 3.07 bits per heavy atom. The van der Waals surface area contributed by atoms with Gasteiger partial charge in [0.05, 0.1) is 18.7 Å². The van der Waals surface area contributed by atoms with E-state index >= 15 is 0 Å². The van der Waals surface area contributed by atoms with Crippen LogP contribution < -0.4 is 11.2 Å². The van der Waals surface area contributed by atoms with Gasteiger partial charge in [0.15, 0.2) is 0 Å². The molecule has 2 rings (SSSR count). The lowest BCUT2D eigenvalue weighted by atomic mass is 10.4. The van der Waals surface area contributed by atoms with Crippen molar-refractivity contribution in [1.82, 2.24) is 9.55 Å². The molecule has 0 atom stereocenters. The molecule has 1 N–H and O–H groups in total. The van der Waals surface area contributed by atoms with E-state index < -0.39 is 0 Å². The predicted molar refractivity (Wildman–Crippen MR) is 58.6 cm³/mol. The summed E-state index contributed by atoms with van der Waals surface area (Å²) in [5, 5.41) is 1.78. The second-order valence-electron chi connectivity index (χ2n) is 3.04. The van der Waals surface area contributed by atoms with Crippen molar-refractivity contribution in [3.05, 3.63) is 32.3 Å². The third kappa shape index (κ3) is 1.73. The number of ether oxygens (including phenoxy) is 1. The van der Waals surface area contributed by atoms with Crippen LogP contribution in [0.1, 0.15) is 0 Å². The molecule has 2 aromatic rings. The number of methoxy groups -OCH3 is 1. The number of H-pyrrole nitrogens is 1. The molecule has 5 nitrogen and oxygen atoms in total. The second kappa shape index (κ2) is 4.00. The van der Waals surface area contributed by atoms with Gasteiger partial charge in [0.25, 0.3) is 5.56 Å². The van der Waals surface area contributed by atoms with Crippen molar-refractivity contribution in [3.8, 4) is 0 Å². The molecular weight excluding hydrogens is 216 g/mol. The minimum Gasteiger partial charge on any atom is -0.383 e. The molecule has 0 saturated heterocycles. The molecule has 0 aromatic carbocycles. The van der Waals surface area contributed by atoms with Gasteiger partial charge in [-0.05, 0) is 11.4 Å². The Kier molecular flexibility index (Phi) is 2.70. The molecule has 0 bridgehead atoms. The average Bonchev–Trinajstić information content (AvgIpc) is 2.65. The van der Waals surface area contributed by atoms with E-state index in [1.807, 2.05) is 0 Å². The van der Waals surface area contributed by atoms with Gasteiger partial charge in [0, 0.05) is 7.11 Å². The fourth-order valence-electron chi connectivity index (χ4n) is 1.36. The Morgan fingerprint density at radius 2 is 2.33 bits per heavy atom. The highest BCUT2D eigenvalue weighted by Gasteiger charge is 2.07. The zero-order valence-corrected chi connectivity index (χ0v) is 8.97. The number of rotatable bonds is 3. The first-order chi connectivity index (χ1) is 7.24. The smallest absolute Gasteiger partial charge is 0.328 e. The van der Waals surface area contributed by atoms with E-state index in [1.54, 1.807) is 11.4 Å². The summed E-state index contributed by atoms with van der Waals surface area (Å²) >= 11 is 1.33. The maximum atomic E-state index is 11.8. The molecule has 0 saturated carbocycles. The highest BCUT2D eigenvalue weighted by molar-refractivity contribution is 7.17. The van der Waals surface area contributed by atoms with Crippen LogP contribution in [0.5, 0.6) is 0 Å². The van der Waals surface area contributed by atoms with Gasteiger partial charge in [-0.1, -0.05) is 0 Å². The van der Waals surface area contributed by atoms with Gasteiger partial charge < -0.3 is 9.72 Å². The van der Waals surface area contributed by atoms with Crippen LogP contribution in [0.3, 0.4) is 0 Å². The molecule has 80 valence electrons. The summed E-state index contributed by atoms with van der Waals surface area (Å²) in [6, 6.07) is 1.73. The first-order valence-electron chi connectivity index (χ1n) is 4.43. The number of aromatic nitrogens is 2. The second-order valence-corrected chi connectivity index (χ2v) is 3.96. The number of thiophene rings is 1. The van der Waals surface area contributed by atoms with Crippen molar-refractivity contribution in [3.63, 3.8) is 0 Å². The van der Waals surface area contributed by atoms with Crippen molar-refractivity contribution in [2.75, 3.05) is 13.7 Å². The number of nitrogens with one attached hydrogen (secondary N) is 1. The highest BCUT2D eigenvalue weighted by Crippen LogP contribution is 2.11. The minimum absolute atomic E-state index is 0.249. The zero-order chi connectivity index (χ0) is 10.8. The lowest BCUT2D eigenvalue weighted by Crippen LogP contribution is -2.35. The summed E-state index contributed by atoms with van der Waals surface area (Å²) in [4.78, 5) is 26.0. The molecule has 0 fully saturated rings. The molecule has 0 amide bonds. The Labute approximate surface area is 88.9 Å². The fourth-order valence-corrected chi connectivity index (χ4v) is 2.15. The van der Waals surface area contributed by atoms with Gasteiger partial charge in [0.1, 0.15) is 4.70 Å². The van der Waals surface area contributed by atoms with Gasteiger partial charge in [0.2, 0.25) is 0 Å². The molecule has 2 heterocycles. The first kappa shape index (κ1) is 10.1. The molecule has 0 aliphatic rings. The molecular formula is C9H10N2O3S. The molecule has 0 aliphatic carbocycles. The highest BCUT2D eigenvalue weighted by atomic mass is 32.1. The Morgan fingerprint density at radius 1 is 1.53 bits per heavy atom. The van der Waals surface area contributed by atoms with Crippen molar-refractivity contribution >= 4 is 21.6 Å². The number of hydrogen-bond donors (Lipinski definition) is 1. The SMILES string of the molecule is COCCn1c(=O)[nH]c2ccsc2c1=O. The molecule has 2 aromatic heterocycles. The van der Waals surface area contributed by atoms with Crippen molar-refractivity contribution in [2.24, 2.45) is 0 Å². The maximum absolute atomic E-state index is 11.8. The van der Waals surface area contributed by atoms with Gasteiger partial charge in [-0.25, -0.2) is 4.79 Å². The Hall–Kier alpha value is -1.40. The van der Waals surface area contributed by atoms with E-state index in [0.29, 0.717) is 16.8 Å². The lowest BCUT2D eigenvalue weighted by Gasteiger charge is -2.02. The van der Waals surface area contributed by atoms with Crippen LogP contribution in [0.2, 0.25) is 0 Å². The number of nitrogens with zero attached hydrogens (tertiary/aromatic N) is 1. The van der Waals surface area contributed by atoms with Gasteiger partial charge in [-0.3, -0.25) is 9.36 Å². The van der Waals surface area contributed by atoms with Crippen LogP contribution in [0.25, 0.3) is 10.2 Å². The maximum Gasteiger partial charge on any atom is 0.328 e. The monoisotopic (exact) mass is 226 g/mol. The average molecular weight is 226 g/mol. The standard InChI is InChI=1S/C9H10N2O3S/c1-14-4-3-11-8(12)7-6(2-5-15-7)10-9(11)13/h2,5H,3-4H2,1H3,(H,10,13). The van der Waals surface area contributed by atoms with E-state index in [0.717, 1.165) is 4.57 Å². The summed E-state index contributed by atoms with van der Waals surface area (Å²) in [6.07, 6.45) is 0. The third-order valence-electron chi connectivity index (χ3n) is 2.11. The first-order valence-corrected chi connectivity index (χ1v) is 5.31. The van der Waals surface area contributed by atoms with E-state index in [9.17, 15) is 9.59 Å². The number of hydrogen-bond acceptors (Lipinski definition) is 4. The molecule has 0 radical (unpaired) electrons. The molecule has 0 unspecified atom stereocenters. The van der Waals surface area contributed by atoms with Crippen LogP contribution in [0.15, 0.2) is 21.0 Å². The topological polar surface area (TPSA) is 64.1 Å². The van der Waals surface area contributed by atoms with Gasteiger partial charge >= 0.3 is 5.69 Å². The Balaban J connectivity index is 2.62. The van der Waals surface area contributed by atoms with E-state index in [-0.39, 0.29) is 17.8 Å². The summed E-state index contributed by atoms with van der Waals surface area (Å²) in [7, 11) is 1.53. The zero-order valence-electron chi connectivity index (χ0n) is 8.15. The van der Waals surface area contributed by atoms with E-state index in [4.69, 9.17) is 4.74 Å². The minimum atomic E-state index is -0.386.